The Balaban J connectivity index is 2.83. The third-order valence-corrected chi connectivity index (χ3v) is 3.47. The Hall–Kier alpha value is -0.290. The first kappa shape index (κ1) is 15.8. The van der Waals surface area contributed by atoms with Crippen molar-refractivity contribution in [3.05, 3.63) is 33.8 Å². The number of hydrogen-bond donors (Lipinski definition) is 0. The minimum Gasteiger partial charge on any atom is -0.383 e. The van der Waals surface area contributed by atoms with Gasteiger partial charge in [-0.1, -0.05) is 39.1 Å². The number of carbonyl (C=O) groups excluding carboxylic acids is 1. The molecule has 3 nitrogen and oxygen atoms in total. The molecule has 100 valence electrons. The van der Waals surface area contributed by atoms with E-state index in [9.17, 15) is 4.79 Å². The molecule has 0 fully saturated rings. The Morgan fingerprint density at radius 3 is 2.61 bits per heavy atom. The zero-order valence-electron chi connectivity index (χ0n) is 9.96. The van der Waals surface area contributed by atoms with Crippen LogP contribution >= 0.6 is 39.1 Å². The highest BCUT2D eigenvalue weighted by molar-refractivity contribution is 9.09. The van der Waals surface area contributed by atoms with E-state index in [2.05, 4.69) is 15.9 Å². The van der Waals surface area contributed by atoms with E-state index < -0.39 is 0 Å². The van der Waals surface area contributed by atoms with E-state index in [1.165, 1.54) is 0 Å². The minimum atomic E-state index is -0.0786. The van der Waals surface area contributed by atoms with Crippen molar-refractivity contribution in [2.24, 2.45) is 0 Å². The number of nitrogens with zero attached hydrogens (tertiary/aromatic N) is 1. The van der Waals surface area contributed by atoms with Crippen molar-refractivity contribution >= 4 is 45.0 Å². The lowest BCUT2D eigenvalue weighted by molar-refractivity contribution is 0.0709. The van der Waals surface area contributed by atoms with Gasteiger partial charge in [0.25, 0.3) is 5.91 Å². The number of carbonyl (C=O) groups is 1. The molecule has 6 heteroatoms. The monoisotopic (exact) mass is 353 g/mol. The second-order valence-corrected chi connectivity index (χ2v) is 5.21. The van der Waals surface area contributed by atoms with Crippen molar-refractivity contribution in [2.45, 2.75) is 0 Å². The second-order valence-electron chi connectivity index (χ2n) is 3.60. The second kappa shape index (κ2) is 8.00. The van der Waals surface area contributed by atoms with Crippen LogP contribution in [0.4, 0.5) is 0 Å². The zero-order chi connectivity index (χ0) is 13.5. The van der Waals surface area contributed by atoms with E-state index in [0.717, 1.165) is 0 Å². The van der Waals surface area contributed by atoms with E-state index in [4.69, 9.17) is 27.9 Å². The molecule has 1 amide bonds. The van der Waals surface area contributed by atoms with Gasteiger partial charge in [-0.2, -0.15) is 0 Å². The summed E-state index contributed by atoms with van der Waals surface area (Å²) in [6, 6.07) is 4.88. The Labute approximate surface area is 125 Å². The molecule has 0 N–H and O–H groups in total. The molecule has 1 rings (SSSR count). The number of rotatable bonds is 6. The highest BCUT2D eigenvalue weighted by Crippen LogP contribution is 2.23. The lowest BCUT2D eigenvalue weighted by Crippen LogP contribution is -2.35. The molecule has 0 bridgehead atoms. The van der Waals surface area contributed by atoms with Gasteiger partial charge in [0.1, 0.15) is 0 Å². The van der Waals surface area contributed by atoms with Gasteiger partial charge in [0.2, 0.25) is 0 Å². The van der Waals surface area contributed by atoms with Crippen molar-refractivity contribution < 1.29 is 9.53 Å². The van der Waals surface area contributed by atoms with Crippen LogP contribution in [-0.2, 0) is 4.74 Å². The Morgan fingerprint density at radius 1 is 1.33 bits per heavy atom. The van der Waals surface area contributed by atoms with Crippen LogP contribution in [0.1, 0.15) is 10.4 Å². The number of ether oxygens (including phenoxy) is 1. The molecule has 0 aromatic heterocycles. The van der Waals surface area contributed by atoms with E-state index in [1.807, 2.05) is 0 Å². The fourth-order valence-electron chi connectivity index (χ4n) is 1.43. The molecule has 1 aromatic carbocycles. The number of amides is 1. The van der Waals surface area contributed by atoms with Crippen molar-refractivity contribution in [2.75, 3.05) is 32.1 Å². The van der Waals surface area contributed by atoms with Gasteiger partial charge in [0, 0.05) is 31.1 Å². The van der Waals surface area contributed by atoms with Gasteiger partial charge in [-0.15, -0.1) is 0 Å². The first-order chi connectivity index (χ1) is 8.60. The molecule has 0 aliphatic rings. The van der Waals surface area contributed by atoms with Crippen LogP contribution in [0.2, 0.25) is 10.0 Å². The average Bonchev–Trinajstić information content (AvgIpc) is 2.37. The van der Waals surface area contributed by atoms with Crippen LogP contribution in [-0.4, -0.2) is 42.9 Å². The summed E-state index contributed by atoms with van der Waals surface area (Å²) in [4.78, 5) is 14.0. The van der Waals surface area contributed by atoms with E-state index in [1.54, 1.807) is 30.2 Å². The molecule has 0 unspecified atom stereocenters. The van der Waals surface area contributed by atoms with Crippen molar-refractivity contribution in [3.63, 3.8) is 0 Å². The number of methoxy groups -OCH3 is 1. The van der Waals surface area contributed by atoms with Crippen LogP contribution in [0.15, 0.2) is 18.2 Å². The Bertz CT molecular complexity index is 415. The molecule has 0 aliphatic carbocycles. The van der Waals surface area contributed by atoms with E-state index in [0.29, 0.717) is 40.6 Å². The highest BCUT2D eigenvalue weighted by Gasteiger charge is 2.15. The topological polar surface area (TPSA) is 29.5 Å². The highest BCUT2D eigenvalue weighted by atomic mass is 79.9. The Kier molecular flexibility index (Phi) is 7.00. The molecule has 0 aliphatic heterocycles. The summed E-state index contributed by atoms with van der Waals surface area (Å²) >= 11 is 15.1. The van der Waals surface area contributed by atoms with Crippen molar-refractivity contribution in [1.29, 1.82) is 0 Å². The fourth-order valence-corrected chi connectivity index (χ4v) is 2.16. The van der Waals surface area contributed by atoms with Gasteiger partial charge in [-0.05, 0) is 18.2 Å². The maximum absolute atomic E-state index is 12.3. The molecule has 0 radical (unpaired) electrons. The van der Waals surface area contributed by atoms with E-state index >= 15 is 0 Å². The molecule has 1 aromatic rings. The lowest BCUT2D eigenvalue weighted by atomic mass is 10.2. The first-order valence-electron chi connectivity index (χ1n) is 5.39. The number of hydrogen-bond acceptors (Lipinski definition) is 2. The zero-order valence-corrected chi connectivity index (χ0v) is 13.1. The maximum Gasteiger partial charge on any atom is 0.254 e. The molecule has 0 spiro atoms. The largest absolute Gasteiger partial charge is 0.383 e. The van der Waals surface area contributed by atoms with Gasteiger partial charge >= 0.3 is 0 Å². The number of halogens is 3. The van der Waals surface area contributed by atoms with Gasteiger partial charge < -0.3 is 9.64 Å². The summed E-state index contributed by atoms with van der Waals surface area (Å²) in [5, 5.41) is 1.54. The first-order valence-corrected chi connectivity index (χ1v) is 7.27. The number of benzene rings is 1. The van der Waals surface area contributed by atoms with Crippen LogP contribution in [0.25, 0.3) is 0 Å². The summed E-state index contributed by atoms with van der Waals surface area (Å²) in [6.07, 6.45) is 0. The third kappa shape index (κ3) is 4.43. The van der Waals surface area contributed by atoms with Crippen LogP contribution in [0.5, 0.6) is 0 Å². The molecule has 0 atom stereocenters. The molecule has 0 heterocycles. The summed E-state index contributed by atoms with van der Waals surface area (Å²) in [7, 11) is 1.61. The molecule has 0 saturated carbocycles. The smallest absolute Gasteiger partial charge is 0.254 e. The maximum atomic E-state index is 12.3. The molecule has 0 saturated heterocycles. The number of alkyl halides is 1. The Morgan fingerprint density at radius 2 is 2.06 bits per heavy atom. The third-order valence-electron chi connectivity index (χ3n) is 2.37. The quantitative estimate of drug-likeness (QED) is 0.732. The predicted molar refractivity (Wildman–Crippen MR) is 78.0 cm³/mol. The predicted octanol–water partition coefficient (Wildman–Crippen LogP) is 3.48. The van der Waals surface area contributed by atoms with Crippen LogP contribution < -0.4 is 0 Å². The molecular weight excluding hydrogens is 341 g/mol. The molecule has 18 heavy (non-hydrogen) atoms. The van der Waals surface area contributed by atoms with Crippen molar-refractivity contribution in [3.8, 4) is 0 Å². The van der Waals surface area contributed by atoms with Gasteiger partial charge in [0.05, 0.1) is 16.7 Å². The lowest BCUT2D eigenvalue weighted by Gasteiger charge is -2.21. The normalized spacial score (nSPS) is 10.4. The van der Waals surface area contributed by atoms with E-state index in [-0.39, 0.29) is 5.91 Å². The van der Waals surface area contributed by atoms with Crippen molar-refractivity contribution in [1.82, 2.24) is 4.90 Å². The summed E-state index contributed by atoms with van der Waals surface area (Å²) in [6.45, 7) is 1.66. The summed E-state index contributed by atoms with van der Waals surface area (Å²) in [5.74, 6) is -0.0786. The van der Waals surface area contributed by atoms with Gasteiger partial charge in [0.15, 0.2) is 0 Å². The average molecular weight is 355 g/mol. The molecular formula is C12H14BrCl2NO2. The van der Waals surface area contributed by atoms with Gasteiger partial charge in [-0.3, -0.25) is 4.79 Å². The standard InChI is InChI=1S/C12H14BrCl2NO2/c1-18-7-6-16(5-4-13)12(17)9-2-3-10(14)11(15)8-9/h2-3,8H,4-7H2,1H3. The summed E-state index contributed by atoms with van der Waals surface area (Å²) in [5.41, 5.74) is 0.529. The minimum absolute atomic E-state index is 0.0786. The SMILES string of the molecule is COCCN(CCBr)C(=O)c1ccc(Cl)c(Cl)c1. The fraction of sp³-hybridized carbons (Fsp3) is 0.417. The van der Waals surface area contributed by atoms with Gasteiger partial charge in [-0.25, -0.2) is 0 Å². The summed E-state index contributed by atoms with van der Waals surface area (Å²) < 4.78 is 4.99. The van der Waals surface area contributed by atoms with Crippen LogP contribution in [0.3, 0.4) is 0 Å². The van der Waals surface area contributed by atoms with Crippen LogP contribution in [0, 0.1) is 0 Å².